The molecule has 0 saturated heterocycles. The van der Waals surface area contributed by atoms with Gasteiger partial charge in [0.05, 0.1) is 19.0 Å². The molecule has 4 nitrogen and oxygen atoms in total. The van der Waals surface area contributed by atoms with E-state index in [1.807, 2.05) is 13.8 Å². The molecule has 4 heteroatoms. The van der Waals surface area contributed by atoms with Crippen LogP contribution in [-0.4, -0.2) is 16.6 Å². The number of hydrogen-bond donors (Lipinski definition) is 1. The van der Waals surface area contributed by atoms with Gasteiger partial charge < -0.3 is 9.72 Å². The Kier molecular flexibility index (Phi) is 2.85. The summed E-state index contributed by atoms with van der Waals surface area (Å²) in [5.41, 5.74) is -0.191. The first-order valence-electron chi connectivity index (χ1n) is 3.86. The molecule has 1 rings (SSSR count). The number of aromatic nitrogens is 2. The Hall–Kier alpha value is -1.32. The topological polar surface area (TPSA) is 55.0 Å². The number of aromatic amines is 1. The molecule has 0 amide bonds. The van der Waals surface area contributed by atoms with Crippen LogP contribution in [0.25, 0.3) is 0 Å². The van der Waals surface area contributed by atoms with E-state index in [1.54, 1.807) is 0 Å². The van der Waals surface area contributed by atoms with Gasteiger partial charge >= 0.3 is 0 Å². The number of hydrogen-bond acceptors (Lipinski definition) is 3. The van der Waals surface area contributed by atoms with Crippen LogP contribution in [0.2, 0.25) is 0 Å². The number of nitrogens with one attached hydrogen (secondary N) is 1. The molecule has 12 heavy (non-hydrogen) atoms. The third-order valence-electron chi connectivity index (χ3n) is 1.22. The molecule has 1 aromatic heterocycles. The van der Waals surface area contributed by atoms with E-state index in [-0.39, 0.29) is 5.56 Å². The zero-order chi connectivity index (χ0) is 8.97. The molecule has 1 aromatic rings. The van der Waals surface area contributed by atoms with Crippen LogP contribution >= 0.6 is 0 Å². The first-order chi connectivity index (χ1) is 5.68. The summed E-state index contributed by atoms with van der Waals surface area (Å²) in [4.78, 5) is 17.0. The second kappa shape index (κ2) is 3.90. The van der Waals surface area contributed by atoms with Gasteiger partial charge in [0.1, 0.15) is 0 Å². The van der Waals surface area contributed by atoms with Crippen LogP contribution in [0.4, 0.5) is 0 Å². The molecule has 66 valence electrons. The Morgan fingerprint density at radius 1 is 1.67 bits per heavy atom. The molecule has 0 aliphatic carbocycles. The maximum atomic E-state index is 10.8. The summed E-state index contributed by atoms with van der Waals surface area (Å²) in [5, 5.41) is 0. The van der Waals surface area contributed by atoms with Crippen LogP contribution in [0.5, 0.6) is 5.88 Å². The Labute approximate surface area is 70.6 Å². The number of ether oxygens (including phenoxy) is 1. The van der Waals surface area contributed by atoms with Gasteiger partial charge in [-0.05, 0) is 5.92 Å². The predicted octanol–water partition coefficient (Wildman–Crippen LogP) is 0.805. The summed E-state index contributed by atoms with van der Waals surface area (Å²) in [6.07, 6.45) is 1.33. The van der Waals surface area contributed by atoms with Crippen molar-refractivity contribution in [1.82, 2.24) is 9.97 Å². The SMILES string of the molecule is CC(C)COc1cc(=O)[nH]cn1. The van der Waals surface area contributed by atoms with Crippen molar-refractivity contribution in [3.05, 3.63) is 22.7 Å². The average Bonchev–Trinajstić information content (AvgIpc) is 2.01. The molecule has 1 heterocycles. The van der Waals surface area contributed by atoms with Crippen molar-refractivity contribution in [1.29, 1.82) is 0 Å². The van der Waals surface area contributed by atoms with E-state index in [9.17, 15) is 4.79 Å². The molecule has 0 aromatic carbocycles. The highest BCUT2D eigenvalue weighted by molar-refractivity contribution is 5.04. The monoisotopic (exact) mass is 168 g/mol. The second-order valence-electron chi connectivity index (χ2n) is 2.95. The van der Waals surface area contributed by atoms with Gasteiger partial charge in [0.25, 0.3) is 5.56 Å². The van der Waals surface area contributed by atoms with Gasteiger partial charge in [-0.1, -0.05) is 13.8 Å². The van der Waals surface area contributed by atoms with Crippen molar-refractivity contribution < 1.29 is 4.74 Å². The van der Waals surface area contributed by atoms with E-state index in [0.29, 0.717) is 18.4 Å². The maximum Gasteiger partial charge on any atom is 0.254 e. The highest BCUT2D eigenvalue weighted by Crippen LogP contribution is 2.01. The smallest absolute Gasteiger partial charge is 0.254 e. The Bertz CT molecular complexity index is 293. The van der Waals surface area contributed by atoms with Crippen molar-refractivity contribution in [3.63, 3.8) is 0 Å². The summed E-state index contributed by atoms with van der Waals surface area (Å²) >= 11 is 0. The second-order valence-corrected chi connectivity index (χ2v) is 2.95. The van der Waals surface area contributed by atoms with E-state index in [0.717, 1.165) is 0 Å². The molecular formula is C8H12N2O2. The summed E-state index contributed by atoms with van der Waals surface area (Å²) in [6.45, 7) is 4.65. The Morgan fingerprint density at radius 3 is 3.00 bits per heavy atom. The Morgan fingerprint density at radius 2 is 2.42 bits per heavy atom. The first kappa shape index (κ1) is 8.77. The van der Waals surface area contributed by atoms with Gasteiger partial charge in [0.2, 0.25) is 5.88 Å². The summed E-state index contributed by atoms with van der Waals surface area (Å²) in [6, 6.07) is 1.34. The van der Waals surface area contributed by atoms with Crippen molar-refractivity contribution in [2.75, 3.05) is 6.61 Å². The maximum absolute atomic E-state index is 10.8. The summed E-state index contributed by atoms with van der Waals surface area (Å²) in [5.74, 6) is 0.818. The lowest BCUT2D eigenvalue weighted by atomic mass is 10.2. The van der Waals surface area contributed by atoms with Gasteiger partial charge in [-0.2, -0.15) is 0 Å². The fourth-order valence-electron chi connectivity index (χ4n) is 0.682. The lowest BCUT2D eigenvalue weighted by Gasteiger charge is -2.05. The quantitative estimate of drug-likeness (QED) is 0.726. The van der Waals surface area contributed by atoms with Crippen molar-refractivity contribution in [3.8, 4) is 5.88 Å². The molecule has 0 spiro atoms. The largest absolute Gasteiger partial charge is 0.477 e. The third-order valence-corrected chi connectivity index (χ3v) is 1.22. The lowest BCUT2D eigenvalue weighted by Crippen LogP contribution is -2.10. The van der Waals surface area contributed by atoms with E-state index in [1.165, 1.54) is 12.4 Å². The van der Waals surface area contributed by atoms with Crippen LogP contribution in [-0.2, 0) is 0 Å². The fraction of sp³-hybridized carbons (Fsp3) is 0.500. The van der Waals surface area contributed by atoms with Crippen molar-refractivity contribution in [2.45, 2.75) is 13.8 Å². The average molecular weight is 168 g/mol. The van der Waals surface area contributed by atoms with Gasteiger partial charge in [-0.3, -0.25) is 4.79 Å². The summed E-state index contributed by atoms with van der Waals surface area (Å²) < 4.78 is 5.22. The molecule has 0 radical (unpaired) electrons. The van der Waals surface area contributed by atoms with Gasteiger partial charge in [0.15, 0.2) is 0 Å². The molecule has 0 aliphatic rings. The van der Waals surface area contributed by atoms with Gasteiger partial charge in [0, 0.05) is 0 Å². The zero-order valence-corrected chi connectivity index (χ0v) is 7.20. The van der Waals surface area contributed by atoms with Crippen molar-refractivity contribution >= 4 is 0 Å². The molecular weight excluding hydrogens is 156 g/mol. The molecule has 0 aliphatic heterocycles. The van der Waals surface area contributed by atoms with E-state index in [2.05, 4.69) is 9.97 Å². The normalized spacial score (nSPS) is 10.2. The minimum absolute atomic E-state index is 0.191. The standard InChI is InChI=1S/C8H12N2O2/c1-6(2)4-12-8-3-7(11)9-5-10-8/h3,5-6H,4H2,1-2H3,(H,9,10,11). The molecule has 0 fully saturated rings. The van der Waals surface area contributed by atoms with E-state index in [4.69, 9.17) is 4.74 Å². The van der Waals surface area contributed by atoms with Crippen LogP contribution in [0.1, 0.15) is 13.8 Å². The van der Waals surface area contributed by atoms with E-state index >= 15 is 0 Å². The Balaban J connectivity index is 2.58. The number of rotatable bonds is 3. The van der Waals surface area contributed by atoms with Crippen LogP contribution in [0.3, 0.4) is 0 Å². The van der Waals surface area contributed by atoms with Gasteiger partial charge in [-0.25, -0.2) is 4.98 Å². The molecule has 0 saturated carbocycles. The summed E-state index contributed by atoms with van der Waals surface area (Å²) in [7, 11) is 0. The number of nitrogens with zero attached hydrogens (tertiary/aromatic N) is 1. The highest BCUT2D eigenvalue weighted by atomic mass is 16.5. The fourth-order valence-corrected chi connectivity index (χ4v) is 0.682. The lowest BCUT2D eigenvalue weighted by molar-refractivity contribution is 0.260. The number of H-pyrrole nitrogens is 1. The predicted molar refractivity (Wildman–Crippen MR) is 45.2 cm³/mol. The minimum Gasteiger partial charge on any atom is -0.477 e. The van der Waals surface area contributed by atoms with Crippen LogP contribution < -0.4 is 10.3 Å². The molecule has 1 N–H and O–H groups in total. The molecule has 0 bridgehead atoms. The minimum atomic E-state index is -0.191. The first-order valence-corrected chi connectivity index (χ1v) is 3.86. The third kappa shape index (κ3) is 2.74. The van der Waals surface area contributed by atoms with Crippen LogP contribution in [0.15, 0.2) is 17.2 Å². The van der Waals surface area contributed by atoms with Gasteiger partial charge in [-0.15, -0.1) is 0 Å². The molecule has 0 unspecified atom stereocenters. The molecule has 0 atom stereocenters. The zero-order valence-electron chi connectivity index (χ0n) is 7.20. The highest BCUT2D eigenvalue weighted by Gasteiger charge is 1.97. The van der Waals surface area contributed by atoms with E-state index < -0.39 is 0 Å². The van der Waals surface area contributed by atoms with Crippen molar-refractivity contribution in [2.24, 2.45) is 5.92 Å². The van der Waals surface area contributed by atoms with Crippen LogP contribution in [0, 0.1) is 5.92 Å².